The molecule has 21 heavy (non-hydrogen) atoms. The van der Waals surface area contributed by atoms with Gasteiger partial charge in [-0.25, -0.2) is 4.68 Å². The van der Waals surface area contributed by atoms with Crippen molar-refractivity contribution in [2.45, 2.75) is 32.8 Å². The molecule has 0 saturated carbocycles. The molecule has 0 saturated heterocycles. The smallest absolute Gasteiger partial charge is 0.314 e. The number of benzene rings is 1. The molecular weight excluding hydrogens is 268 g/mol. The Bertz CT molecular complexity index is 640. The van der Waals surface area contributed by atoms with Crippen molar-refractivity contribution in [1.29, 1.82) is 0 Å². The van der Waals surface area contributed by atoms with Gasteiger partial charge in [0.05, 0.1) is 5.69 Å². The highest BCUT2D eigenvalue weighted by molar-refractivity contribution is 6.06. The van der Waals surface area contributed by atoms with Gasteiger partial charge < -0.3 is 4.74 Å². The van der Waals surface area contributed by atoms with E-state index in [2.05, 4.69) is 5.10 Å². The van der Waals surface area contributed by atoms with E-state index in [1.165, 1.54) is 0 Å². The minimum absolute atomic E-state index is 0.264. The van der Waals surface area contributed by atoms with Crippen molar-refractivity contribution < 1.29 is 14.3 Å². The highest BCUT2D eigenvalue weighted by atomic mass is 16.6. The molecule has 0 bridgehead atoms. The summed E-state index contributed by atoms with van der Waals surface area (Å²) >= 11 is 0. The fraction of sp³-hybridized carbons (Fsp3) is 0.312. The zero-order valence-electron chi connectivity index (χ0n) is 12.4. The van der Waals surface area contributed by atoms with Gasteiger partial charge in [0.2, 0.25) is 0 Å². The first-order valence-corrected chi connectivity index (χ1v) is 6.70. The third kappa shape index (κ3) is 4.27. The number of ether oxygens (including phenoxy) is 1. The normalized spacial score (nSPS) is 11.2. The average Bonchev–Trinajstić information content (AvgIpc) is 2.90. The van der Waals surface area contributed by atoms with E-state index < -0.39 is 11.6 Å². The van der Waals surface area contributed by atoms with E-state index in [1.54, 1.807) is 62.1 Å². The number of carbonyl (C=O) groups is 2. The number of aromatic nitrogens is 2. The van der Waals surface area contributed by atoms with E-state index in [9.17, 15) is 9.59 Å². The Labute approximate surface area is 123 Å². The van der Waals surface area contributed by atoms with Crippen LogP contribution < -0.4 is 0 Å². The second kappa shape index (κ2) is 5.91. The lowest BCUT2D eigenvalue weighted by Crippen LogP contribution is -2.25. The van der Waals surface area contributed by atoms with E-state index in [4.69, 9.17) is 4.74 Å². The second-order valence-electron chi connectivity index (χ2n) is 5.69. The maximum absolute atomic E-state index is 12.1. The number of esters is 1. The average molecular weight is 286 g/mol. The summed E-state index contributed by atoms with van der Waals surface area (Å²) in [6, 6.07) is 8.80. The maximum Gasteiger partial charge on any atom is 0.314 e. The van der Waals surface area contributed by atoms with Crippen LogP contribution in [0.25, 0.3) is 5.69 Å². The lowest BCUT2D eigenvalue weighted by molar-refractivity contribution is -0.153. The monoisotopic (exact) mass is 286 g/mol. The summed E-state index contributed by atoms with van der Waals surface area (Å²) in [7, 11) is 0. The summed E-state index contributed by atoms with van der Waals surface area (Å²) in [6.45, 7) is 5.31. The van der Waals surface area contributed by atoms with Crippen LogP contribution in [-0.2, 0) is 9.53 Å². The zero-order chi connectivity index (χ0) is 15.5. The number of nitrogens with zero attached hydrogens (tertiary/aromatic N) is 2. The summed E-state index contributed by atoms with van der Waals surface area (Å²) < 4.78 is 6.81. The first-order chi connectivity index (χ1) is 9.85. The van der Waals surface area contributed by atoms with Gasteiger partial charge in [-0.3, -0.25) is 9.59 Å². The molecular formula is C16H18N2O3. The summed E-state index contributed by atoms with van der Waals surface area (Å²) in [5, 5.41) is 4.11. The van der Waals surface area contributed by atoms with Gasteiger partial charge in [0.1, 0.15) is 12.0 Å². The number of ketones is 1. The predicted molar refractivity (Wildman–Crippen MR) is 78.4 cm³/mol. The summed E-state index contributed by atoms with van der Waals surface area (Å²) in [6.07, 6.45) is 3.19. The molecule has 2 aromatic rings. The van der Waals surface area contributed by atoms with Crippen molar-refractivity contribution in [1.82, 2.24) is 9.78 Å². The molecule has 0 aliphatic rings. The van der Waals surface area contributed by atoms with E-state index in [0.717, 1.165) is 5.69 Å². The zero-order valence-corrected chi connectivity index (χ0v) is 12.4. The van der Waals surface area contributed by atoms with Gasteiger partial charge in [-0.2, -0.15) is 5.10 Å². The van der Waals surface area contributed by atoms with Gasteiger partial charge in [0.15, 0.2) is 5.78 Å². The van der Waals surface area contributed by atoms with Crippen LogP contribution in [0.3, 0.4) is 0 Å². The molecule has 1 aromatic carbocycles. The van der Waals surface area contributed by atoms with Gasteiger partial charge in [-0.05, 0) is 39.0 Å². The van der Waals surface area contributed by atoms with E-state index >= 15 is 0 Å². The van der Waals surface area contributed by atoms with E-state index in [1.807, 2.05) is 6.07 Å². The molecule has 2 rings (SSSR count). The maximum atomic E-state index is 12.1. The minimum Gasteiger partial charge on any atom is -0.460 e. The molecule has 0 amide bonds. The molecule has 0 spiro atoms. The number of carbonyl (C=O) groups excluding carboxylic acids is 2. The Kier molecular flexibility index (Phi) is 4.21. The van der Waals surface area contributed by atoms with Crippen molar-refractivity contribution in [2.24, 2.45) is 0 Å². The van der Waals surface area contributed by atoms with Gasteiger partial charge in [0.25, 0.3) is 0 Å². The predicted octanol–water partition coefficient (Wildman–Crippen LogP) is 2.79. The molecule has 1 heterocycles. The van der Waals surface area contributed by atoms with Crippen LogP contribution in [0.15, 0.2) is 42.7 Å². The molecule has 5 nitrogen and oxygen atoms in total. The van der Waals surface area contributed by atoms with Crippen LogP contribution in [0.1, 0.15) is 37.6 Å². The molecule has 0 aliphatic carbocycles. The Balaban J connectivity index is 2.10. The summed E-state index contributed by atoms with van der Waals surface area (Å²) in [4.78, 5) is 23.8. The number of hydrogen-bond acceptors (Lipinski definition) is 4. The topological polar surface area (TPSA) is 61.2 Å². The fourth-order valence-corrected chi connectivity index (χ4v) is 1.85. The van der Waals surface area contributed by atoms with Gasteiger partial charge in [-0.15, -0.1) is 0 Å². The minimum atomic E-state index is -0.589. The molecule has 1 aromatic heterocycles. The van der Waals surface area contributed by atoms with Gasteiger partial charge >= 0.3 is 5.97 Å². The SMILES string of the molecule is CC(C)(C)OC(=O)CC(=O)c1cccc(-n2cccn2)c1. The first kappa shape index (κ1) is 15.0. The molecule has 5 heteroatoms. The van der Waals surface area contributed by atoms with E-state index in [-0.39, 0.29) is 12.2 Å². The van der Waals surface area contributed by atoms with Crippen molar-refractivity contribution in [3.8, 4) is 5.69 Å². The second-order valence-corrected chi connectivity index (χ2v) is 5.69. The lowest BCUT2D eigenvalue weighted by atomic mass is 10.1. The molecule has 0 aliphatic heterocycles. The standard InChI is InChI=1S/C16H18N2O3/c1-16(2,3)21-15(20)11-14(19)12-6-4-7-13(10-12)18-9-5-8-17-18/h4-10H,11H2,1-3H3. The molecule has 0 unspecified atom stereocenters. The van der Waals surface area contributed by atoms with Crippen molar-refractivity contribution in [3.05, 3.63) is 48.3 Å². The number of Topliss-reactive ketones (excluding diaryl/α,β-unsaturated/α-hetero) is 1. The molecule has 0 N–H and O–H groups in total. The van der Waals surface area contributed by atoms with Crippen molar-refractivity contribution >= 4 is 11.8 Å². The van der Waals surface area contributed by atoms with Crippen LogP contribution in [-0.4, -0.2) is 27.1 Å². The van der Waals surface area contributed by atoms with Crippen LogP contribution in [0, 0.1) is 0 Å². The molecule has 0 radical (unpaired) electrons. The largest absolute Gasteiger partial charge is 0.460 e. The summed E-state index contributed by atoms with van der Waals surface area (Å²) in [5.41, 5.74) is 0.651. The Morgan fingerprint density at radius 1 is 1.24 bits per heavy atom. The van der Waals surface area contributed by atoms with Crippen LogP contribution >= 0.6 is 0 Å². The third-order valence-corrected chi connectivity index (χ3v) is 2.66. The number of hydrogen-bond donors (Lipinski definition) is 0. The Morgan fingerprint density at radius 3 is 2.62 bits per heavy atom. The Hall–Kier alpha value is -2.43. The molecule has 0 fully saturated rings. The van der Waals surface area contributed by atoms with Gasteiger partial charge in [-0.1, -0.05) is 12.1 Å². The molecule has 110 valence electrons. The van der Waals surface area contributed by atoms with Crippen LogP contribution in [0.4, 0.5) is 0 Å². The van der Waals surface area contributed by atoms with E-state index in [0.29, 0.717) is 5.56 Å². The number of rotatable bonds is 4. The highest BCUT2D eigenvalue weighted by Crippen LogP contribution is 2.13. The van der Waals surface area contributed by atoms with Crippen molar-refractivity contribution in [2.75, 3.05) is 0 Å². The lowest BCUT2D eigenvalue weighted by Gasteiger charge is -2.19. The Morgan fingerprint density at radius 2 is 2.00 bits per heavy atom. The van der Waals surface area contributed by atoms with Crippen LogP contribution in [0.2, 0.25) is 0 Å². The summed E-state index contributed by atoms with van der Waals surface area (Å²) in [5.74, 6) is -0.782. The van der Waals surface area contributed by atoms with Crippen molar-refractivity contribution in [3.63, 3.8) is 0 Å². The van der Waals surface area contributed by atoms with Gasteiger partial charge in [0, 0.05) is 18.0 Å². The first-order valence-electron chi connectivity index (χ1n) is 6.70. The quantitative estimate of drug-likeness (QED) is 0.492. The van der Waals surface area contributed by atoms with Crippen LogP contribution in [0.5, 0.6) is 0 Å². The third-order valence-electron chi connectivity index (χ3n) is 2.66. The highest BCUT2D eigenvalue weighted by Gasteiger charge is 2.19. The fourth-order valence-electron chi connectivity index (χ4n) is 1.85. The molecule has 0 atom stereocenters.